The van der Waals surface area contributed by atoms with Crippen molar-refractivity contribution >= 4 is 49.7 Å². The lowest BCUT2D eigenvalue weighted by molar-refractivity contribution is -0.129. The zero-order valence-electron chi connectivity index (χ0n) is 21.0. The molecular formula is C31H27N3O2S2. The van der Waals surface area contributed by atoms with Crippen LogP contribution >= 0.6 is 22.7 Å². The highest BCUT2D eigenvalue weighted by atomic mass is 32.1. The van der Waals surface area contributed by atoms with Gasteiger partial charge in [-0.25, -0.2) is 4.98 Å². The third kappa shape index (κ3) is 4.87. The van der Waals surface area contributed by atoms with Crippen LogP contribution < -0.4 is 5.32 Å². The van der Waals surface area contributed by atoms with Crippen molar-refractivity contribution in [2.75, 3.05) is 11.9 Å². The van der Waals surface area contributed by atoms with Crippen molar-refractivity contribution in [3.8, 4) is 10.6 Å². The number of hydrogen-bond donors (Lipinski definition) is 1. The molecule has 6 rings (SSSR count). The number of rotatable bonds is 6. The van der Waals surface area contributed by atoms with E-state index >= 15 is 0 Å². The number of anilines is 1. The highest BCUT2D eigenvalue weighted by Gasteiger charge is 2.29. The second-order valence-corrected chi connectivity index (χ2v) is 11.6. The van der Waals surface area contributed by atoms with Crippen LogP contribution in [0.15, 0.2) is 84.9 Å². The molecule has 0 saturated carbocycles. The normalized spacial score (nSPS) is 13.1. The molecule has 5 aromatic rings. The molecule has 5 nitrogen and oxygen atoms in total. The van der Waals surface area contributed by atoms with Crippen molar-refractivity contribution in [1.82, 2.24) is 9.88 Å². The molecule has 3 aromatic carbocycles. The maximum absolute atomic E-state index is 13.6. The van der Waals surface area contributed by atoms with Crippen LogP contribution in [0.2, 0.25) is 0 Å². The van der Waals surface area contributed by atoms with Crippen LogP contribution in [-0.4, -0.2) is 28.2 Å². The zero-order valence-corrected chi connectivity index (χ0v) is 22.6. The summed E-state index contributed by atoms with van der Waals surface area (Å²) >= 11 is 3.22. The van der Waals surface area contributed by atoms with Gasteiger partial charge in [-0.15, -0.1) is 22.7 Å². The van der Waals surface area contributed by atoms with Crippen LogP contribution in [0, 0.1) is 0 Å². The average molecular weight is 538 g/mol. The van der Waals surface area contributed by atoms with E-state index in [9.17, 15) is 9.59 Å². The number of carbonyl (C=O) groups excluding carboxylic acids is 2. The summed E-state index contributed by atoms with van der Waals surface area (Å²) in [4.78, 5) is 33.7. The maximum Gasteiger partial charge on any atom is 0.225 e. The van der Waals surface area contributed by atoms with Crippen molar-refractivity contribution in [2.45, 2.75) is 32.2 Å². The number of fused-ring (bicyclic) bond motifs is 2. The van der Waals surface area contributed by atoms with E-state index in [0.29, 0.717) is 19.5 Å². The molecule has 0 bridgehead atoms. The molecule has 1 N–H and O–H groups in total. The minimum atomic E-state index is -0.0499. The van der Waals surface area contributed by atoms with E-state index in [1.54, 1.807) is 29.6 Å². The summed E-state index contributed by atoms with van der Waals surface area (Å²) in [5.74, 6) is -0.0112. The van der Waals surface area contributed by atoms with Crippen molar-refractivity contribution in [1.29, 1.82) is 0 Å². The molecule has 1 aliphatic rings. The smallest absolute Gasteiger partial charge is 0.225 e. The fourth-order valence-corrected chi connectivity index (χ4v) is 7.52. The summed E-state index contributed by atoms with van der Waals surface area (Å²) in [6.45, 7) is 2.86. The highest BCUT2D eigenvalue weighted by Crippen LogP contribution is 2.46. The van der Waals surface area contributed by atoms with Crippen LogP contribution in [0.25, 0.3) is 20.8 Å². The number of hydrogen-bond acceptors (Lipinski definition) is 5. The lowest BCUT2D eigenvalue weighted by Gasteiger charge is -2.26. The van der Waals surface area contributed by atoms with Gasteiger partial charge in [-0.1, -0.05) is 72.8 Å². The van der Waals surface area contributed by atoms with Gasteiger partial charge >= 0.3 is 0 Å². The molecule has 38 heavy (non-hydrogen) atoms. The number of thiazole rings is 1. The first-order valence-electron chi connectivity index (χ1n) is 12.7. The quantitative estimate of drug-likeness (QED) is 0.252. The molecule has 0 aliphatic carbocycles. The summed E-state index contributed by atoms with van der Waals surface area (Å²) < 4.78 is 1.12. The molecule has 0 fully saturated rings. The van der Waals surface area contributed by atoms with Crippen molar-refractivity contribution in [3.05, 3.63) is 106 Å². The Morgan fingerprint density at radius 3 is 2.24 bits per heavy atom. The van der Waals surface area contributed by atoms with E-state index in [0.717, 1.165) is 48.2 Å². The van der Waals surface area contributed by atoms with Gasteiger partial charge in [-0.05, 0) is 35.2 Å². The minimum Gasteiger partial charge on any atom is -0.337 e. The molecule has 1 aliphatic heterocycles. The van der Waals surface area contributed by atoms with Crippen molar-refractivity contribution < 1.29 is 9.59 Å². The SMILES string of the molecule is CC(=O)N1CCc2c(sc(NC(=O)CC(c3ccccc3)c3ccccc3)c2-c2nc3ccccc3s2)C1. The van der Waals surface area contributed by atoms with E-state index in [4.69, 9.17) is 4.98 Å². The predicted octanol–water partition coefficient (Wildman–Crippen LogP) is 7.09. The summed E-state index contributed by atoms with van der Waals surface area (Å²) in [5, 5.41) is 5.01. The summed E-state index contributed by atoms with van der Waals surface area (Å²) in [6, 6.07) is 28.5. The highest BCUT2D eigenvalue weighted by molar-refractivity contribution is 7.22. The van der Waals surface area contributed by atoms with E-state index in [2.05, 4.69) is 35.6 Å². The Labute approximate surface area is 229 Å². The van der Waals surface area contributed by atoms with Crippen LogP contribution in [0.5, 0.6) is 0 Å². The Bertz CT molecular complexity index is 1540. The molecule has 190 valence electrons. The van der Waals surface area contributed by atoms with Gasteiger partial charge in [-0.2, -0.15) is 0 Å². The molecule has 0 saturated heterocycles. The first kappa shape index (κ1) is 24.5. The molecule has 0 atom stereocenters. The number of carbonyl (C=O) groups is 2. The Kier molecular flexibility index (Phi) is 6.79. The second-order valence-electron chi connectivity index (χ2n) is 9.51. The number of para-hydroxylation sites is 1. The molecule has 0 spiro atoms. The first-order valence-corrected chi connectivity index (χ1v) is 14.4. The lowest BCUT2D eigenvalue weighted by Crippen LogP contribution is -2.33. The number of aromatic nitrogens is 1. The Morgan fingerprint density at radius 1 is 0.921 bits per heavy atom. The van der Waals surface area contributed by atoms with Crippen LogP contribution in [-0.2, 0) is 22.6 Å². The van der Waals surface area contributed by atoms with Crippen LogP contribution in [0.3, 0.4) is 0 Å². The topological polar surface area (TPSA) is 62.3 Å². The zero-order chi connectivity index (χ0) is 26.1. The van der Waals surface area contributed by atoms with Crippen molar-refractivity contribution in [2.24, 2.45) is 0 Å². The number of nitrogens with one attached hydrogen (secondary N) is 1. The van der Waals surface area contributed by atoms with Gasteiger partial charge in [0.25, 0.3) is 0 Å². The van der Waals surface area contributed by atoms with Gasteiger partial charge in [0.05, 0.1) is 16.8 Å². The van der Waals surface area contributed by atoms with Gasteiger partial charge in [0, 0.05) is 36.2 Å². The van der Waals surface area contributed by atoms with Gasteiger partial charge in [0.15, 0.2) is 0 Å². The number of benzene rings is 3. The monoisotopic (exact) mass is 537 g/mol. The standard InChI is InChI=1S/C31H27N3O2S2/c1-20(35)34-17-16-23-27(19-34)38-31(29(23)30-32-25-14-8-9-15-26(25)37-30)33-28(36)18-24(21-10-4-2-5-11-21)22-12-6-3-7-13-22/h2-15,24H,16-19H2,1H3,(H,33,36). The van der Waals surface area contributed by atoms with E-state index in [1.807, 2.05) is 59.5 Å². The number of amides is 2. The third-order valence-electron chi connectivity index (χ3n) is 7.06. The molecule has 0 unspecified atom stereocenters. The van der Waals surface area contributed by atoms with E-state index in [-0.39, 0.29) is 17.7 Å². The molecule has 2 amide bonds. The fraction of sp³-hybridized carbons (Fsp3) is 0.194. The van der Waals surface area contributed by atoms with E-state index < -0.39 is 0 Å². The molecule has 0 radical (unpaired) electrons. The molecule has 2 aromatic heterocycles. The molecule has 7 heteroatoms. The summed E-state index contributed by atoms with van der Waals surface area (Å²) in [6.07, 6.45) is 1.08. The van der Waals surface area contributed by atoms with Crippen LogP contribution in [0.4, 0.5) is 5.00 Å². The largest absolute Gasteiger partial charge is 0.337 e. The molecular weight excluding hydrogens is 510 g/mol. The van der Waals surface area contributed by atoms with Gasteiger partial charge in [0.2, 0.25) is 11.8 Å². The Morgan fingerprint density at radius 2 is 1.58 bits per heavy atom. The maximum atomic E-state index is 13.6. The number of nitrogens with zero attached hydrogens (tertiary/aromatic N) is 2. The Hall–Kier alpha value is -3.81. The average Bonchev–Trinajstić information content (AvgIpc) is 3.52. The third-order valence-corrected chi connectivity index (χ3v) is 9.24. The fourth-order valence-electron chi connectivity index (χ4n) is 5.13. The van der Waals surface area contributed by atoms with E-state index in [1.165, 1.54) is 5.56 Å². The molecule has 3 heterocycles. The second kappa shape index (κ2) is 10.5. The minimum absolute atomic E-state index is 0.0351. The van der Waals surface area contributed by atoms with Crippen molar-refractivity contribution in [3.63, 3.8) is 0 Å². The van der Waals surface area contributed by atoms with Gasteiger partial charge < -0.3 is 10.2 Å². The van der Waals surface area contributed by atoms with Gasteiger partial charge in [0.1, 0.15) is 10.0 Å². The lowest BCUT2D eigenvalue weighted by atomic mass is 9.88. The predicted molar refractivity (Wildman–Crippen MR) is 156 cm³/mol. The van der Waals surface area contributed by atoms with Gasteiger partial charge in [-0.3, -0.25) is 9.59 Å². The summed E-state index contributed by atoms with van der Waals surface area (Å²) in [7, 11) is 0. The Balaban J connectivity index is 1.36. The summed E-state index contributed by atoms with van der Waals surface area (Å²) in [5.41, 5.74) is 5.40. The van der Waals surface area contributed by atoms with Crippen LogP contribution in [0.1, 0.15) is 40.8 Å². The first-order chi connectivity index (χ1) is 18.6. The number of thiophene rings is 1.